The largest absolute Gasteiger partial charge is 0.378 e. The average molecular weight is 144 g/mol. The summed E-state index contributed by atoms with van der Waals surface area (Å²) in [6, 6.07) is 0. The molecule has 4 nitrogen and oxygen atoms in total. The van der Waals surface area contributed by atoms with Gasteiger partial charge < -0.3 is 10.5 Å². The molecule has 1 heterocycles. The molecule has 1 amide bonds. The first kappa shape index (κ1) is 7.50. The van der Waals surface area contributed by atoms with Crippen LogP contribution in [0, 0.1) is 0 Å². The Balaban J connectivity index is 2.56. The number of nitrogens with two attached hydrogens (primary N) is 1. The number of primary amides is 1. The fourth-order valence-electron chi connectivity index (χ4n) is 0.885. The van der Waals surface area contributed by atoms with Crippen LogP contribution in [0.5, 0.6) is 0 Å². The van der Waals surface area contributed by atoms with Gasteiger partial charge in [0.15, 0.2) is 0 Å². The number of carbonyl (C=O) groups is 1. The number of nitrogens with one attached hydrogen (secondary N) is 1. The van der Waals surface area contributed by atoms with Crippen molar-refractivity contribution in [2.75, 3.05) is 19.8 Å². The molecule has 0 bridgehead atoms. The average Bonchev–Trinajstić information content (AvgIpc) is 1.89. The summed E-state index contributed by atoms with van der Waals surface area (Å²) in [5.41, 5.74) is 4.47. The Hall–Kier alpha value is -0.610. The number of carbonyl (C=O) groups excluding carboxylic acids is 1. The standard InChI is InChI=1S/C6H12N2O2/c1-6(5(7)9)4-10-3-2-8-6/h8H,2-4H2,1H3,(H2,7,9). The van der Waals surface area contributed by atoms with Gasteiger partial charge >= 0.3 is 0 Å². The Morgan fingerprint density at radius 2 is 2.50 bits per heavy atom. The Bertz CT molecular complexity index is 141. The summed E-state index contributed by atoms with van der Waals surface area (Å²) < 4.78 is 5.08. The number of hydrogen-bond donors (Lipinski definition) is 2. The molecule has 1 atom stereocenters. The maximum absolute atomic E-state index is 10.8. The fourth-order valence-corrected chi connectivity index (χ4v) is 0.885. The van der Waals surface area contributed by atoms with Crippen molar-refractivity contribution in [3.05, 3.63) is 0 Å². The number of ether oxygens (including phenoxy) is 1. The zero-order valence-electron chi connectivity index (χ0n) is 6.02. The van der Waals surface area contributed by atoms with E-state index in [9.17, 15) is 4.79 Å². The van der Waals surface area contributed by atoms with Crippen molar-refractivity contribution in [1.29, 1.82) is 0 Å². The van der Waals surface area contributed by atoms with E-state index in [2.05, 4.69) is 5.32 Å². The van der Waals surface area contributed by atoms with Crippen LogP contribution >= 0.6 is 0 Å². The van der Waals surface area contributed by atoms with Gasteiger partial charge in [0.25, 0.3) is 0 Å². The molecule has 1 unspecified atom stereocenters. The van der Waals surface area contributed by atoms with Crippen LogP contribution in [-0.4, -0.2) is 31.2 Å². The fraction of sp³-hybridized carbons (Fsp3) is 0.833. The first-order valence-electron chi connectivity index (χ1n) is 3.28. The Morgan fingerprint density at radius 1 is 1.80 bits per heavy atom. The van der Waals surface area contributed by atoms with E-state index in [1.807, 2.05) is 0 Å². The maximum Gasteiger partial charge on any atom is 0.239 e. The summed E-state index contributed by atoms with van der Waals surface area (Å²) in [6.07, 6.45) is 0. The Morgan fingerprint density at radius 3 is 2.80 bits per heavy atom. The molecule has 0 radical (unpaired) electrons. The zero-order chi connectivity index (χ0) is 7.61. The SMILES string of the molecule is CC1(C(N)=O)COCCN1. The third-order valence-corrected chi connectivity index (χ3v) is 1.70. The quantitative estimate of drug-likeness (QED) is 0.488. The van der Waals surface area contributed by atoms with Gasteiger partial charge in [-0.1, -0.05) is 0 Å². The molecule has 0 aromatic heterocycles. The van der Waals surface area contributed by atoms with E-state index in [0.29, 0.717) is 19.8 Å². The highest BCUT2D eigenvalue weighted by Crippen LogP contribution is 2.06. The summed E-state index contributed by atoms with van der Waals surface area (Å²) >= 11 is 0. The summed E-state index contributed by atoms with van der Waals surface area (Å²) in [5, 5.41) is 3.00. The lowest BCUT2D eigenvalue weighted by Crippen LogP contribution is -2.59. The van der Waals surface area contributed by atoms with Gasteiger partial charge in [-0.3, -0.25) is 10.1 Å². The first-order valence-corrected chi connectivity index (χ1v) is 3.28. The summed E-state index contributed by atoms with van der Waals surface area (Å²) in [7, 11) is 0. The van der Waals surface area contributed by atoms with Crippen molar-refractivity contribution >= 4 is 5.91 Å². The number of hydrogen-bond acceptors (Lipinski definition) is 3. The molecule has 1 aliphatic rings. The van der Waals surface area contributed by atoms with Crippen molar-refractivity contribution in [3.63, 3.8) is 0 Å². The summed E-state index contributed by atoms with van der Waals surface area (Å²) in [5.74, 6) is -0.354. The second kappa shape index (κ2) is 2.56. The molecule has 3 N–H and O–H groups in total. The maximum atomic E-state index is 10.8. The normalized spacial score (nSPS) is 33.7. The van der Waals surface area contributed by atoms with E-state index in [1.54, 1.807) is 6.92 Å². The molecule has 0 aromatic carbocycles. The van der Waals surface area contributed by atoms with Crippen molar-refractivity contribution < 1.29 is 9.53 Å². The van der Waals surface area contributed by atoms with E-state index in [1.165, 1.54) is 0 Å². The van der Waals surface area contributed by atoms with Gasteiger partial charge in [0.1, 0.15) is 5.54 Å². The van der Waals surface area contributed by atoms with Crippen molar-refractivity contribution in [1.82, 2.24) is 5.32 Å². The predicted molar refractivity (Wildman–Crippen MR) is 36.4 cm³/mol. The zero-order valence-corrected chi connectivity index (χ0v) is 6.02. The van der Waals surface area contributed by atoms with Crippen molar-refractivity contribution in [3.8, 4) is 0 Å². The second-order valence-electron chi connectivity index (χ2n) is 2.68. The Labute approximate surface area is 59.7 Å². The topological polar surface area (TPSA) is 64.4 Å². The first-order chi connectivity index (χ1) is 4.65. The van der Waals surface area contributed by atoms with Gasteiger partial charge in [-0.15, -0.1) is 0 Å². The van der Waals surface area contributed by atoms with E-state index in [0.717, 1.165) is 0 Å². The van der Waals surface area contributed by atoms with Gasteiger partial charge in [-0.2, -0.15) is 0 Å². The van der Waals surface area contributed by atoms with Gasteiger partial charge in [0.2, 0.25) is 5.91 Å². The van der Waals surface area contributed by atoms with Crippen LogP contribution in [0.25, 0.3) is 0 Å². The molecule has 0 aliphatic carbocycles. The highest BCUT2D eigenvalue weighted by atomic mass is 16.5. The van der Waals surface area contributed by atoms with Crippen LogP contribution in [0.15, 0.2) is 0 Å². The number of morpholine rings is 1. The highest BCUT2D eigenvalue weighted by molar-refractivity contribution is 5.84. The molecule has 0 aromatic rings. The molecule has 0 spiro atoms. The Kier molecular flexibility index (Phi) is 1.92. The summed E-state index contributed by atoms with van der Waals surface area (Å²) in [6.45, 7) is 3.47. The molecule has 1 fully saturated rings. The minimum absolute atomic E-state index is 0.354. The lowest BCUT2D eigenvalue weighted by Gasteiger charge is -2.31. The smallest absolute Gasteiger partial charge is 0.239 e. The van der Waals surface area contributed by atoms with Crippen LogP contribution in [0.2, 0.25) is 0 Å². The van der Waals surface area contributed by atoms with Crippen LogP contribution in [0.3, 0.4) is 0 Å². The summed E-state index contributed by atoms with van der Waals surface area (Å²) in [4.78, 5) is 10.8. The minimum Gasteiger partial charge on any atom is -0.378 e. The molecule has 4 heteroatoms. The van der Waals surface area contributed by atoms with Crippen LogP contribution < -0.4 is 11.1 Å². The lowest BCUT2D eigenvalue weighted by molar-refractivity contribution is -0.128. The van der Waals surface area contributed by atoms with Gasteiger partial charge in [-0.25, -0.2) is 0 Å². The molecule has 1 saturated heterocycles. The molecular weight excluding hydrogens is 132 g/mol. The van der Waals surface area contributed by atoms with E-state index < -0.39 is 5.54 Å². The van der Waals surface area contributed by atoms with Crippen molar-refractivity contribution in [2.45, 2.75) is 12.5 Å². The second-order valence-corrected chi connectivity index (χ2v) is 2.68. The lowest BCUT2D eigenvalue weighted by atomic mass is 10.0. The molecule has 1 rings (SSSR count). The van der Waals surface area contributed by atoms with Crippen LogP contribution in [0.1, 0.15) is 6.92 Å². The molecule has 1 aliphatic heterocycles. The third-order valence-electron chi connectivity index (χ3n) is 1.70. The molecule has 58 valence electrons. The van der Waals surface area contributed by atoms with Crippen LogP contribution in [0.4, 0.5) is 0 Å². The molecular formula is C6H12N2O2. The van der Waals surface area contributed by atoms with Crippen molar-refractivity contribution in [2.24, 2.45) is 5.73 Å². The molecule has 0 saturated carbocycles. The molecule has 10 heavy (non-hydrogen) atoms. The number of rotatable bonds is 1. The van der Waals surface area contributed by atoms with Gasteiger partial charge in [0.05, 0.1) is 13.2 Å². The van der Waals surface area contributed by atoms with E-state index in [-0.39, 0.29) is 5.91 Å². The van der Waals surface area contributed by atoms with Crippen LogP contribution in [-0.2, 0) is 9.53 Å². The monoisotopic (exact) mass is 144 g/mol. The van der Waals surface area contributed by atoms with E-state index >= 15 is 0 Å². The highest BCUT2D eigenvalue weighted by Gasteiger charge is 2.32. The van der Waals surface area contributed by atoms with Gasteiger partial charge in [-0.05, 0) is 6.92 Å². The third kappa shape index (κ3) is 1.27. The number of amides is 1. The predicted octanol–water partition coefficient (Wildman–Crippen LogP) is -1.15. The minimum atomic E-state index is -0.655. The van der Waals surface area contributed by atoms with E-state index in [4.69, 9.17) is 10.5 Å². The van der Waals surface area contributed by atoms with Gasteiger partial charge in [0, 0.05) is 6.54 Å².